The van der Waals surface area contributed by atoms with Crippen molar-refractivity contribution in [3.63, 3.8) is 0 Å². The van der Waals surface area contributed by atoms with Crippen molar-refractivity contribution in [2.45, 2.75) is 6.92 Å². The summed E-state index contributed by atoms with van der Waals surface area (Å²) in [6, 6.07) is 8.80. The fourth-order valence-corrected chi connectivity index (χ4v) is 2.44. The molecule has 0 aliphatic carbocycles. The molecule has 3 N–H and O–H groups in total. The van der Waals surface area contributed by atoms with E-state index < -0.39 is 5.91 Å². The summed E-state index contributed by atoms with van der Waals surface area (Å²) in [5, 5.41) is 2.75. The average Bonchev–Trinajstić information content (AvgIpc) is 2.99. The van der Waals surface area contributed by atoms with Gasteiger partial charge in [0.25, 0.3) is 5.91 Å². The van der Waals surface area contributed by atoms with Gasteiger partial charge in [0, 0.05) is 11.8 Å². The first kappa shape index (κ1) is 17.5. The van der Waals surface area contributed by atoms with Crippen molar-refractivity contribution in [3.8, 4) is 5.88 Å². The Balaban J connectivity index is 1.63. The van der Waals surface area contributed by atoms with Crippen LogP contribution in [-0.2, 0) is 4.74 Å². The number of nitrogens with zero attached hydrogens (tertiary/aromatic N) is 3. The van der Waals surface area contributed by atoms with E-state index in [1.54, 1.807) is 6.07 Å². The van der Waals surface area contributed by atoms with Crippen LogP contribution in [0, 0.1) is 6.92 Å². The Labute approximate surface area is 150 Å². The number of aryl methyl sites for hydroxylation is 1. The van der Waals surface area contributed by atoms with Gasteiger partial charge in [-0.05, 0) is 24.6 Å². The molecule has 0 saturated carbocycles. The van der Waals surface area contributed by atoms with Crippen LogP contribution in [0.4, 0.5) is 16.4 Å². The van der Waals surface area contributed by atoms with Crippen molar-refractivity contribution in [1.29, 1.82) is 0 Å². The molecule has 0 bridgehead atoms. The Hall–Kier alpha value is -3.36. The highest BCUT2D eigenvalue weighted by atomic mass is 16.6. The van der Waals surface area contributed by atoms with Gasteiger partial charge < -0.3 is 25.4 Å². The molecule has 136 valence electrons. The molecule has 0 spiro atoms. The zero-order valence-corrected chi connectivity index (χ0v) is 14.3. The second-order valence-electron chi connectivity index (χ2n) is 5.72. The molecule has 1 aromatic heterocycles. The van der Waals surface area contributed by atoms with Gasteiger partial charge in [0.2, 0.25) is 11.8 Å². The van der Waals surface area contributed by atoms with Crippen molar-refractivity contribution in [1.82, 2.24) is 14.9 Å². The topological polar surface area (TPSA) is 120 Å². The third kappa shape index (κ3) is 4.38. The number of hydrogen-bond acceptors (Lipinski definition) is 7. The van der Waals surface area contributed by atoms with Crippen molar-refractivity contribution < 1.29 is 19.1 Å². The predicted molar refractivity (Wildman–Crippen MR) is 94.0 cm³/mol. The van der Waals surface area contributed by atoms with Crippen LogP contribution in [0.15, 0.2) is 30.3 Å². The van der Waals surface area contributed by atoms with Crippen molar-refractivity contribution >= 4 is 23.6 Å². The monoisotopic (exact) mass is 357 g/mol. The second-order valence-corrected chi connectivity index (χ2v) is 5.72. The van der Waals surface area contributed by atoms with Gasteiger partial charge in [-0.3, -0.25) is 4.79 Å². The van der Waals surface area contributed by atoms with Crippen LogP contribution in [0.2, 0.25) is 0 Å². The highest BCUT2D eigenvalue weighted by Gasteiger charge is 2.21. The molecule has 2 heterocycles. The molecule has 2 amide bonds. The maximum absolute atomic E-state index is 12.4. The molecule has 1 aliphatic heterocycles. The number of cyclic esters (lactones) is 1. The minimum absolute atomic E-state index is 0.0718. The van der Waals surface area contributed by atoms with E-state index in [2.05, 4.69) is 15.3 Å². The number of carbonyl (C=O) groups is 2. The summed E-state index contributed by atoms with van der Waals surface area (Å²) in [5.41, 5.74) is 7.43. The number of benzene rings is 1. The number of hydrogen-bond donors (Lipinski definition) is 2. The van der Waals surface area contributed by atoms with E-state index in [9.17, 15) is 9.59 Å². The lowest BCUT2D eigenvalue weighted by atomic mass is 10.2. The fraction of sp³-hybridized carbons (Fsp3) is 0.294. The van der Waals surface area contributed by atoms with Gasteiger partial charge in [-0.15, -0.1) is 0 Å². The third-order valence-corrected chi connectivity index (χ3v) is 3.68. The predicted octanol–water partition coefficient (Wildman–Crippen LogP) is 1.45. The van der Waals surface area contributed by atoms with Crippen LogP contribution < -0.4 is 15.8 Å². The van der Waals surface area contributed by atoms with Crippen molar-refractivity contribution in [2.24, 2.45) is 0 Å². The summed E-state index contributed by atoms with van der Waals surface area (Å²) < 4.78 is 10.3. The highest BCUT2D eigenvalue weighted by Crippen LogP contribution is 2.15. The Morgan fingerprint density at radius 1 is 1.38 bits per heavy atom. The molecule has 1 aromatic carbocycles. The molecule has 9 heteroatoms. The molecule has 2 aromatic rings. The lowest BCUT2D eigenvalue weighted by Crippen LogP contribution is -2.29. The smallest absolute Gasteiger partial charge is 0.410 e. The first-order valence-corrected chi connectivity index (χ1v) is 8.08. The van der Waals surface area contributed by atoms with E-state index in [4.69, 9.17) is 15.2 Å². The zero-order chi connectivity index (χ0) is 18.5. The van der Waals surface area contributed by atoms with E-state index in [-0.39, 0.29) is 30.2 Å². The molecular weight excluding hydrogens is 338 g/mol. The summed E-state index contributed by atoms with van der Waals surface area (Å²) in [6.07, 6.45) is -0.367. The van der Waals surface area contributed by atoms with E-state index in [1.165, 1.54) is 11.0 Å². The van der Waals surface area contributed by atoms with E-state index >= 15 is 0 Å². The SMILES string of the molecule is Cc1cccc(NC(=O)c2cc(OCCN3CCOC3=O)nc(N)n2)c1. The van der Waals surface area contributed by atoms with Crippen LogP contribution >= 0.6 is 0 Å². The van der Waals surface area contributed by atoms with Gasteiger partial charge in [-0.25, -0.2) is 9.78 Å². The highest BCUT2D eigenvalue weighted by molar-refractivity contribution is 6.03. The number of carbonyl (C=O) groups excluding carboxylic acids is 2. The molecule has 0 radical (unpaired) electrons. The van der Waals surface area contributed by atoms with E-state index in [0.717, 1.165) is 5.56 Å². The second kappa shape index (κ2) is 7.68. The Bertz CT molecular complexity index is 827. The summed E-state index contributed by atoms with van der Waals surface area (Å²) in [6.45, 7) is 3.39. The van der Waals surface area contributed by atoms with Crippen LogP contribution in [0.25, 0.3) is 0 Å². The van der Waals surface area contributed by atoms with Crippen molar-refractivity contribution in [2.75, 3.05) is 37.4 Å². The van der Waals surface area contributed by atoms with Crippen LogP contribution in [0.1, 0.15) is 16.1 Å². The van der Waals surface area contributed by atoms with Gasteiger partial charge in [0.1, 0.15) is 18.9 Å². The number of nitrogens with one attached hydrogen (secondary N) is 1. The number of aromatic nitrogens is 2. The number of nitrogens with two attached hydrogens (primary N) is 1. The lowest BCUT2D eigenvalue weighted by Gasteiger charge is -2.13. The average molecular weight is 357 g/mol. The molecular formula is C17H19N5O4. The molecule has 0 unspecified atom stereocenters. The van der Waals surface area contributed by atoms with Gasteiger partial charge >= 0.3 is 6.09 Å². The third-order valence-electron chi connectivity index (χ3n) is 3.68. The Morgan fingerprint density at radius 2 is 2.23 bits per heavy atom. The quantitative estimate of drug-likeness (QED) is 0.803. The largest absolute Gasteiger partial charge is 0.476 e. The van der Waals surface area contributed by atoms with Crippen LogP contribution in [-0.4, -0.2) is 53.2 Å². The Kier molecular flexibility index (Phi) is 5.16. The number of nitrogen functional groups attached to an aromatic ring is 1. The first-order chi connectivity index (χ1) is 12.5. The summed E-state index contributed by atoms with van der Waals surface area (Å²) in [4.78, 5) is 33.1. The molecule has 1 aliphatic rings. The van der Waals surface area contributed by atoms with Gasteiger partial charge in [-0.2, -0.15) is 4.98 Å². The van der Waals surface area contributed by atoms with Crippen molar-refractivity contribution in [3.05, 3.63) is 41.6 Å². The molecule has 9 nitrogen and oxygen atoms in total. The number of anilines is 2. The van der Waals surface area contributed by atoms with E-state index in [1.807, 2.05) is 25.1 Å². The molecule has 1 fully saturated rings. The summed E-state index contributed by atoms with van der Waals surface area (Å²) in [7, 11) is 0. The fourth-order valence-electron chi connectivity index (χ4n) is 2.44. The Morgan fingerprint density at radius 3 is 2.96 bits per heavy atom. The number of rotatable bonds is 6. The minimum Gasteiger partial charge on any atom is -0.476 e. The molecule has 0 atom stereocenters. The normalized spacial score (nSPS) is 13.4. The number of amides is 2. The maximum atomic E-state index is 12.4. The molecule has 26 heavy (non-hydrogen) atoms. The standard InChI is InChI=1S/C17H19N5O4/c1-11-3-2-4-12(9-11)19-15(23)13-10-14(21-16(18)20-13)25-7-5-22-6-8-26-17(22)24/h2-4,9-10H,5-8H2,1H3,(H,19,23)(H2,18,20,21). The lowest BCUT2D eigenvalue weighted by molar-refractivity contribution is 0.102. The van der Waals surface area contributed by atoms with E-state index in [0.29, 0.717) is 25.4 Å². The van der Waals surface area contributed by atoms with Gasteiger partial charge in [0.15, 0.2) is 0 Å². The van der Waals surface area contributed by atoms with Gasteiger partial charge in [0.05, 0.1) is 13.1 Å². The first-order valence-electron chi connectivity index (χ1n) is 8.08. The molecule has 1 saturated heterocycles. The minimum atomic E-state index is -0.419. The maximum Gasteiger partial charge on any atom is 0.410 e. The van der Waals surface area contributed by atoms with Gasteiger partial charge in [-0.1, -0.05) is 12.1 Å². The van der Waals surface area contributed by atoms with Crippen LogP contribution in [0.3, 0.4) is 0 Å². The summed E-state index contributed by atoms with van der Waals surface area (Å²) in [5.74, 6) is -0.324. The zero-order valence-electron chi connectivity index (χ0n) is 14.3. The van der Waals surface area contributed by atoms with Crippen LogP contribution in [0.5, 0.6) is 5.88 Å². The summed E-state index contributed by atoms with van der Waals surface area (Å²) >= 11 is 0. The molecule has 3 rings (SSSR count). The number of ether oxygens (including phenoxy) is 2.